The minimum absolute atomic E-state index is 0.864. The van der Waals surface area contributed by atoms with Crippen LogP contribution in [-0.4, -0.2) is 30.6 Å². The van der Waals surface area contributed by atoms with Crippen molar-refractivity contribution in [2.24, 2.45) is 5.92 Å². The molecule has 2 nitrogen and oxygen atoms in total. The van der Waals surface area contributed by atoms with E-state index in [0.29, 0.717) is 0 Å². The topological polar surface area (TPSA) is 15.3 Å². The number of hydrogen-bond acceptors (Lipinski definition) is 2. The highest BCUT2D eigenvalue weighted by Crippen LogP contribution is 2.22. The van der Waals surface area contributed by atoms with E-state index in [9.17, 15) is 0 Å². The smallest absolute Gasteiger partial charge is 0.0233 e. The maximum absolute atomic E-state index is 3.69. The number of hydrogen-bond donors (Lipinski definition) is 1. The van der Waals surface area contributed by atoms with Gasteiger partial charge in [-0.1, -0.05) is 18.2 Å². The Labute approximate surface area is 123 Å². The van der Waals surface area contributed by atoms with E-state index >= 15 is 0 Å². The van der Waals surface area contributed by atoms with Crippen molar-refractivity contribution in [3.63, 3.8) is 0 Å². The molecule has 2 aliphatic rings. The quantitative estimate of drug-likeness (QED) is 0.885. The molecule has 110 valence electrons. The van der Waals surface area contributed by atoms with Crippen molar-refractivity contribution in [1.29, 1.82) is 0 Å². The van der Waals surface area contributed by atoms with Crippen molar-refractivity contribution >= 4 is 0 Å². The van der Waals surface area contributed by atoms with Crippen LogP contribution < -0.4 is 5.32 Å². The minimum Gasteiger partial charge on any atom is -0.314 e. The van der Waals surface area contributed by atoms with Gasteiger partial charge in [-0.15, -0.1) is 0 Å². The second-order valence-electron chi connectivity index (χ2n) is 6.82. The van der Waals surface area contributed by atoms with Gasteiger partial charge in [-0.2, -0.15) is 0 Å². The predicted octanol–water partition coefficient (Wildman–Crippen LogP) is 3.27. The Morgan fingerprint density at radius 2 is 1.80 bits per heavy atom. The van der Waals surface area contributed by atoms with Gasteiger partial charge in [0.15, 0.2) is 0 Å². The van der Waals surface area contributed by atoms with Crippen LogP contribution in [-0.2, 0) is 6.54 Å². The molecule has 1 saturated heterocycles. The summed E-state index contributed by atoms with van der Waals surface area (Å²) in [5.41, 5.74) is 4.30. The first-order valence-electron chi connectivity index (χ1n) is 8.22. The first-order chi connectivity index (χ1) is 9.70. The van der Waals surface area contributed by atoms with Crippen molar-refractivity contribution in [2.45, 2.75) is 52.1 Å². The Hall–Kier alpha value is -0.860. The lowest BCUT2D eigenvalue weighted by Gasteiger charge is -2.32. The zero-order valence-electron chi connectivity index (χ0n) is 13.0. The number of aryl methyl sites for hydroxylation is 2. The maximum atomic E-state index is 3.69. The molecule has 1 heterocycles. The molecule has 2 fully saturated rings. The summed E-state index contributed by atoms with van der Waals surface area (Å²) in [6, 6.07) is 7.78. The average molecular weight is 272 g/mol. The normalized spacial score (nSPS) is 21.3. The highest BCUT2D eigenvalue weighted by molar-refractivity contribution is 5.29. The number of nitrogens with one attached hydrogen (secondary N) is 1. The maximum Gasteiger partial charge on any atom is 0.0233 e. The molecule has 0 spiro atoms. The van der Waals surface area contributed by atoms with E-state index in [1.807, 2.05) is 0 Å². The van der Waals surface area contributed by atoms with Crippen LogP contribution in [0.3, 0.4) is 0 Å². The first kappa shape index (κ1) is 14.1. The van der Waals surface area contributed by atoms with Gasteiger partial charge < -0.3 is 5.32 Å². The average Bonchev–Trinajstić information content (AvgIpc) is 3.26. The van der Waals surface area contributed by atoms with Crippen LogP contribution in [0.15, 0.2) is 18.2 Å². The third-order valence-electron chi connectivity index (χ3n) is 4.96. The standard InChI is InChI=1S/C18H28N2/c1-14-3-4-17(11-15(14)2)13-20-9-7-16(8-10-20)12-19-18-5-6-18/h3-4,11,16,18-19H,5-10,12-13H2,1-2H3. The third kappa shape index (κ3) is 3.83. The van der Waals surface area contributed by atoms with Crippen molar-refractivity contribution < 1.29 is 0 Å². The number of piperidine rings is 1. The summed E-state index contributed by atoms with van der Waals surface area (Å²) < 4.78 is 0. The van der Waals surface area contributed by atoms with Crippen molar-refractivity contribution in [2.75, 3.05) is 19.6 Å². The van der Waals surface area contributed by atoms with Gasteiger partial charge >= 0.3 is 0 Å². The number of likely N-dealkylation sites (tertiary alicyclic amines) is 1. The third-order valence-corrected chi connectivity index (χ3v) is 4.96. The second-order valence-corrected chi connectivity index (χ2v) is 6.82. The molecule has 1 saturated carbocycles. The molecule has 1 N–H and O–H groups in total. The molecule has 1 aromatic rings. The fraction of sp³-hybridized carbons (Fsp3) is 0.667. The van der Waals surface area contributed by atoms with Crippen molar-refractivity contribution in [1.82, 2.24) is 10.2 Å². The van der Waals surface area contributed by atoms with Gasteiger partial charge in [0, 0.05) is 12.6 Å². The Morgan fingerprint density at radius 3 is 2.45 bits per heavy atom. The minimum atomic E-state index is 0.864. The molecule has 0 atom stereocenters. The summed E-state index contributed by atoms with van der Waals surface area (Å²) in [6.45, 7) is 9.33. The van der Waals surface area contributed by atoms with Gasteiger partial charge in [-0.25, -0.2) is 0 Å². The Morgan fingerprint density at radius 1 is 1.05 bits per heavy atom. The number of nitrogens with zero attached hydrogens (tertiary/aromatic N) is 1. The van der Waals surface area contributed by atoms with Gasteiger partial charge in [0.1, 0.15) is 0 Å². The SMILES string of the molecule is Cc1ccc(CN2CCC(CNC3CC3)CC2)cc1C. The Kier molecular flexibility index (Phi) is 4.42. The van der Waals surface area contributed by atoms with Crippen LogP contribution in [0.2, 0.25) is 0 Å². The van der Waals surface area contributed by atoms with E-state index in [1.165, 1.54) is 62.0 Å². The van der Waals surface area contributed by atoms with Crippen molar-refractivity contribution in [3.05, 3.63) is 34.9 Å². The largest absolute Gasteiger partial charge is 0.314 e. The summed E-state index contributed by atoms with van der Waals surface area (Å²) in [4.78, 5) is 2.62. The predicted molar refractivity (Wildman–Crippen MR) is 84.9 cm³/mol. The summed E-state index contributed by atoms with van der Waals surface area (Å²) in [6.07, 6.45) is 5.55. The van der Waals surface area contributed by atoms with E-state index in [1.54, 1.807) is 0 Å². The van der Waals surface area contributed by atoms with Gasteiger partial charge in [-0.3, -0.25) is 4.90 Å². The summed E-state index contributed by atoms with van der Waals surface area (Å²) in [7, 11) is 0. The molecule has 3 rings (SSSR count). The number of rotatable bonds is 5. The molecule has 0 bridgehead atoms. The summed E-state index contributed by atoms with van der Waals surface area (Å²) in [5, 5.41) is 3.69. The molecule has 0 amide bonds. The van der Waals surface area contributed by atoms with Crippen LogP contribution in [0.4, 0.5) is 0 Å². The first-order valence-corrected chi connectivity index (χ1v) is 8.22. The molecule has 0 radical (unpaired) electrons. The van der Waals surface area contributed by atoms with Crippen LogP contribution >= 0.6 is 0 Å². The van der Waals surface area contributed by atoms with Gasteiger partial charge in [0.25, 0.3) is 0 Å². The van der Waals surface area contributed by atoms with Gasteiger partial charge in [0.05, 0.1) is 0 Å². The Bertz CT molecular complexity index is 443. The van der Waals surface area contributed by atoms with E-state index in [0.717, 1.165) is 18.5 Å². The van der Waals surface area contributed by atoms with E-state index in [4.69, 9.17) is 0 Å². The Balaban J connectivity index is 1.44. The lowest BCUT2D eigenvalue weighted by Crippen LogP contribution is -2.37. The molecule has 0 unspecified atom stereocenters. The lowest BCUT2D eigenvalue weighted by atomic mass is 9.96. The van der Waals surface area contributed by atoms with Crippen LogP contribution in [0.1, 0.15) is 42.4 Å². The summed E-state index contributed by atoms with van der Waals surface area (Å²) >= 11 is 0. The van der Waals surface area contributed by atoms with Gasteiger partial charge in [-0.05, 0) is 81.8 Å². The highest BCUT2D eigenvalue weighted by Gasteiger charge is 2.24. The molecule has 0 aromatic heterocycles. The number of benzene rings is 1. The molecule has 1 aliphatic carbocycles. The molecular weight excluding hydrogens is 244 g/mol. The fourth-order valence-electron chi connectivity index (χ4n) is 3.13. The second kappa shape index (κ2) is 6.28. The summed E-state index contributed by atoms with van der Waals surface area (Å²) in [5.74, 6) is 0.909. The molecule has 20 heavy (non-hydrogen) atoms. The van der Waals surface area contributed by atoms with Crippen LogP contribution in [0.25, 0.3) is 0 Å². The van der Waals surface area contributed by atoms with E-state index in [-0.39, 0.29) is 0 Å². The van der Waals surface area contributed by atoms with Gasteiger partial charge in [0.2, 0.25) is 0 Å². The van der Waals surface area contributed by atoms with E-state index in [2.05, 4.69) is 42.3 Å². The molecule has 1 aliphatic heterocycles. The van der Waals surface area contributed by atoms with E-state index < -0.39 is 0 Å². The fourth-order valence-corrected chi connectivity index (χ4v) is 3.13. The zero-order valence-corrected chi connectivity index (χ0v) is 13.0. The zero-order chi connectivity index (χ0) is 13.9. The molecular formula is C18H28N2. The molecule has 1 aromatic carbocycles. The highest BCUT2D eigenvalue weighted by atomic mass is 15.1. The van der Waals surface area contributed by atoms with Crippen LogP contribution in [0, 0.1) is 19.8 Å². The lowest BCUT2D eigenvalue weighted by molar-refractivity contribution is 0.175. The monoisotopic (exact) mass is 272 g/mol. The van der Waals surface area contributed by atoms with Crippen LogP contribution in [0.5, 0.6) is 0 Å². The molecule has 2 heteroatoms. The van der Waals surface area contributed by atoms with Crippen molar-refractivity contribution in [3.8, 4) is 0 Å².